The van der Waals surface area contributed by atoms with E-state index in [0.29, 0.717) is 49.5 Å². The van der Waals surface area contributed by atoms with E-state index in [2.05, 4.69) is 9.44 Å². The van der Waals surface area contributed by atoms with Gasteiger partial charge in [-0.15, -0.1) is 0 Å². The highest BCUT2D eigenvalue weighted by molar-refractivity contribution is 7.84. The molecule has 2 aliphatic rings. The van der Waals surface area contributed by atoms with Crippen molar-refractivity contribution < 1.29 is 37.3 Å². The lowest BCUT2D eigenvalue weighted by Crippen LogP contribution is -2.56. The summed E-state index contributed by atoms with van der Waals surface area (Å²) in [5, 5.41) is 11.9. The van der Waals surface area contributed by atoms with Gasteiger partial charge in [-0.05, 0) is 94.7 Å². The summed E-state index contributed by atoms with van der Waals surface area (Å²) in [6.07, 6.45) is -0.600. The molecule has 0 spiro atoms. The van der Waals surface area contributed by atoms with E-state index in [-0.39, 0.29) is 44.3 Å². The second-order valence-electron chi connectivity index (χ2n) is 18.1. The topological polar surface area (TPSA) is 147 Å². The molecule has 2 aliphatic heterocycles. The predicted octanol–water partition coefficient (Wildman–Crippen LogP) is 9.37. The highest BCUT2D eigenvalue weighted by Gasteiger charge is 2.43. The number of amides is 2. The Morgan fingerprint density at radius 1 is 0.702 bits per heavy atom. The van der Waals surface area contributed by atoms with Crippen molar-refractivity contribution in [3.63, 3.8) is 0 Å². The van der Waals surface area contributed by atoms with Crippen molar-refractivity contribution in [1.29, 1.82) is 0 Å². The van der Waals surface area contributed by atoms with E-state index in [9.17, 15) is 23.1 Å². The average Bonchev–Trinajstić information content (AvgIpc) is 2.99. The number of hydrogen-bond donors (Lipinski definition) is 3. The summed E-state index contributed by atoms with van der Waals surface area (Å²) >= 11 is 25.6. The summed E-state index contributed by atoms with van der Waals surface area (Å²) in [6.45, 7) is 21.4. The van der Waals surface area contributed by atoms with E-state index >= 15 is 0 Å². The third-order valence-electron chi connectivity index (χ3n) is 9.35. The molecule has 3 N–H and O–H groups in total. The van der Waals surface area contributed by atoms with E-state index in [4.69, 9.17) is 60.6 Å². The Morgan fingerprint density at radius 2 is 1.11 bits per heavy atom. The van der Waals surface area contributed by atoms with Gasteiger partial charge in [-0.2, -0.15) is 0 Å². The van der Waals surface area contributed by atoms with E-state index in [1.54, 1.807) is 63.5 Å². The summed E-state index contributed by atoms with van der Waals surface area (Å²) in [4.78, 5) is 28.7. The maximum Gasteiger partial charge on any atom is 0.410 e. The van der Waals surface area contributed by atoms with Crippen molar-refractivity contribution in [1.82, 2.24) is 19.2 Å². The number of hydrogen-bond acceptors (Lipinski definition) is 8. The largest absolute Gasteiger partial charge is 0.508 e. The summed E-state index contributed by atoms with van der Waals surface area (Å²) in [5.74, 6) is -0.132. The molecule has 0 saturated carbocycles. The van der Waals surface area contributed by atoms with Crippen molar-refractivity contribution >= 4 is 80.6 Å². The Labute approximate surface area is 362 Å². The molecule has 2 saturated heterocycles. The molecule has 0 bridgehead atoms. The molecule has 2 fully saturated rings. The van der Waals surface area contributed by atoms with Gasteiger partial charge < -0.3 is 29.1 Å². The zero-order valence-corrected chi connectivity index (χ0v) is 39.0. The number of carbonyl (C=O) groups is 2. The van der Waals surface area contributed by atoms with Gasteiger partial charge >= 0.3 is 12.2 Å². The van der Waals surface area contributed by atoms with Gasteiger partial charge in [0.05, 0.1) is 70.2 Å². The van der Waals surface area contributed by atoms with Crippen LogP contribution in [0.5, 0.6) is 11.5 Å². The fourth-order valence-electron chi connectivity index (χ4n) is 6.00. The lowest BCUT2D eigenvalue weighted by molar-refractivity contribution is -0.00661. The standard InChI is InChI=1S/C39H56Cl4N4O8S2/c1-36(2,3)54-34(49)46-18-22(19-46)32(24-14-26(40)28(42)16-30(24)48)45-57(52)39(10,11)12-13-53-31-17-29(43)27(41)15-25(31)33(44-56(51)38(7,8)9)23-20-47(21-23)35(50)55-37(4,5)6/h14-17,22-23,32-33,44-45,48H,12-13,18-21H2,1-11H3. The molecule has 2 heterocycles. The Bertz CT molecular complexity index is 1850. The SMILES string of the molecule is CC(C)(C)OC(=O)N1CC(C(NS(=O)C(C)(C)CCOc2cc(Cl)c(Cl)cc2C(NS(=O)C(C)(C)C)C2CN(C(=O)OC(C)(C)C)C2)c2cc(Cl)c(Cl)cc2O)C1. The number of phenolic OH excluding ortho intramolecular Hbond substituents is 1. The van der Waals surface area contributed by atoms with Crippen molar-refractivity contribution in [2.24, 2.45) is 11.8 Å². The van der Waals surface area contributed by atoms with E-state index in [0.717, 1.165) is 0 Å². The van der Waals surface area contributed by atoms with Gasteiger partial charge in [-0.3, -0.25) is 0 Å². The second-order valence-corrected chi connectivity index (χ2v) is 23.6. The highest BCUT2D eigenvalue weighted by atomic mass is 35.5. The van der Waals surface area contributed by atoms with Crippen LogP contribution in [0.15, 0.2) is 24.3 Å². The number of aromatic hydroxyl groups is 1. The minimum atomic E-state index is -1.72. The van der Waals surface area contributed by atoms with Crippen LogP contribution in [0.2, 0.25) is 20.1 Å². The molecule has 4 unspecified atom stereocenters. The fourth-order valence-corrected chi connectivity index (χ4v) is 8.70. The maximum absolute atomic E-state index is 14.2. The minimum Gasteiger partial charge on any atom is -0.508 e. The van der Waals surface area contributed by atoms with Crippen LogP contribution in [0.3, 0.4) is 0 Å². The lowest BCUT2D eigenvalue weighted by Gasteiger charge is -2.44. The molecule has 18 heteroatoms. The maximum atomic E-state index is 14.2. The zero-order valence-electron chi connectivity index (χ0n) is 34.4. The number of phenols is 1. The number of benzene rings is 2. The van der Waals surface area contributed by atoms with Gasteiger partial charge in [0.1, 0.15) is 22.7 Å². The van der Waals surface area contributed by atoms with Crippen molar-refractivity contribution in [2.45, 2.75) is 115 Å². The molecule has 57 heavy (non-hydrogen) atoms. The van der Waals surface area contributed by atoms with Gasteiger partial charge in [0, 0.05) is 61.3 Å². The van der Waals surface area contributed by atoms with E-state index in [1.807, 2.05) is 34.6 Å². The molecule has 4 atom stereocenters. The third-order valence-corrected chi connectivity index (χ3v) is 14.0. The first-order valence-corrected chi connectivity index (χ1v) is 22.5. The Morgan fingerprint density at radius 3 is 1.56 bits per heavy atom. The molecule has 2 aromatic rings. The fraction of sp³-hybridized carbons (Fsp3) is 0.641. The predicted molar refractivity (Wildman–Crippen MR) is 229 cm³/mol. The number of ether oxygens (including phenoxy) is 3. The van der Waals surface area contributed by atoms with Crippen LogP contribution in [0, 0.1) is 11.8 Å². The second kappa shape index (κ2) is 18.3. The number of nitrogens with zero attached hydrogens (tertiary/aromatic N) is 2. The van der Waals surface area contributed by atoms with Crippen LogP contribution in [-0.4, -0.2) is 89.0 Å². The van der Waals surface area contributed by atoms with E-state index in [1.165, 1.54) is 12.1 Å². The van der Waals surface area contributed by atoms with E-state index < -0.39 is 66.9 Å². The molecular weight excluding hydrogens is 858 g/mol. The molecule has 2 aromatic carbocycles. The normalized spacial score (nSPS) is 17.9. The Balaban J connectivity index is 1.53. The molecule has 0 radical (unpaired) electrons. The first-order valence-electron chi connectivity index (χ1n) is 18.7. The van der Waals surface area contributed by atoms with Gasteiger partial charge in [0.2, 0.25) is 0 Å². The van der Waals surface area contributed by atoms with Crippen molar-refractivity contribution in [3.8, 4) is 11.5 Å². The number of carbonyl (C=O) groups excluding carboxylic acids is 2. The van der Waals surface area contributed by atoms with Gasteiger partial charge in [-0.25, -0.2) is 27.5 Å². The molecular formula is C39H56Cl4N4O8S2. The van der Waals surface area contributed by atoms with Crippen molar-refractivity contribution in [3.05, 3.63) is 55.5 Å². The van der Waals surface area contributed by atoms with Crippen LogP contribution >= 0.6 is 46.4 Å². The number of halogens is 4. The van der Waals surface area contributed by atoms with Crippen LogP contribution in [0.1, 0.15) is 106 Å². The van der Waals surface area contributed by atoms with Gasteiger partial charge in [0.15, 0.2) is 0 Å². The van der Waals surface area contributed by atoms with Crippen LogP contribution in [-0.2, 0) is 31.4 Å². The summed E-state index contributed by atoms with van der Waals surface area (Å²) in [5.41, 5.74) is -0.317. The summed E-state index contributed by atoms with van der Waals surface area (Å²) in [7, 11) is -3.23. The monoisotopic (exact) mass is 912 g/mol. The van der Waals surface area contributed by atoms with Gasteiger partial charge in [-0.1, -0.05) is 46.4 Å². The minimum absolute atomic E-state index is 0.105. The first kappa shape index (κ1) is 47.6. The van der Waals surface area contributed by atoms with Crippen LogP contribution in [0.25, 0.3) is 0 Å². The average molecular weight is 915 g/mol. The Hall–Kier alpha value is -2.04. The zero-order chi connectivity index (χ0) is 43.0. The number of likely N-dealkylation sites (tertiary alicyclic amines) is 2. The Kier molecular flexibility index (Phi) is 15.3. The first-order chi connectivity index (χ1) is 26.1. The smallest absolute Gasteiger partial charge is 0.410 e. The molecule has 12 nitrogen and oxygen atoms in total. The quantitative estimate of drug-likeness (QED) is 0.180. The van der Waals surface area contributed by atoms with Gasteiger partial charge in [0.25, 0.3) is 0 Å². The lowest BCUT2D eigenvalue weighted by atomic mass is 9.87. The third kappa shape index (κ3) is 12.7. The molecule has 320 valence electrons. The molecule has 4 rings (SSSR count). The summed E-state index contributed by atoms with van der Waals surface area (Å²) < 4.78 is 50.1. The van der Waals surface area contributed by atoms with Crippen molar-refractivity contribution in [2.75, 3.05) is 32.8 Å². The molecule has 2 amide bonds. The molecule has 0 aromatic heterocycles. The highest BCUT2D eigenvalue weighted by Crippen LogP contribution is 2.42. The number of rotatable bonds is 13. The van der Waals surface area contributed by atoms with Crippen LogP contribution in [0.4, 0.5) is 9.59 Å². The summed E-state index contributed by atoms with van der Waals surface area (Å²) in [6, 6.07) is 4.96. The molecule has 0 aliphatic carbocycles. The van der Waals surface area contributed by atoms with Crippen LogP contribution < -0.4 is 14.2 Å². The number of nitrogens with one attached hydrogen (secondary N) is 2.